The molecule has 2 atom stereocenters. The van der Waals surface area contributed by atoms with Gasteiger partial charge in [-0.15, -0.1) is 0 Å². The summed E-state index contributed by atoms with van der Waals surface area (Å²) in [5.41, 5.74) is 5.36. The van der Waals surface area contributed by atoms with Crippen molar-refractivity contribution in [2.24, 2.45) is 7.05 Å². The Bertz CT molecular complexity index is 1390. The van der Waals surface area contributed by atoms with E-state index in [0.29, 0.717) is 17.4 Å². The Hall–Kier alpha value is -3.71. The molecule has 1 aliphatic heterocycles. The fourth-order valence-electron chi connectivity index (χ4n) is 4.54. The first-order valence-electron chi connectivity index (χ1n) is 11.5. The molecule has 174 valence electrons. The van der Waals surface area contributed by atoms with Crippen LogP contribution < -0.4 is 10.1 Å². The number of benzene rings is 2. The lowest BCUT2D eigenvalue weighted by Crippen LogP contribution is -2.63. The Balaban J connectivity index is 1.34. The van der Waals surface area contributed by atoms with Crippen LogP contribution in [-0.2, 0) is 7.05 Å². The average Bonchev–Trinajstić information content (AvgIpc) is 3.11. The van der Waals surface area contributed by atoms with E-state index in [1.165, 1.54) is 0 Å². The highest BCUT2D eigenvalue weighted by atomic mass is 16.5. The minimum Gasteiger partial charge on any atom is -0.457 e. The predicted octanol–water partition coefficient (Wildman–Crippen LogP) is 4.48. The van der Waals surface area contributed by atoms with E-state index in [2.05, 4.69) is 34.3 Å². The van der Waals surface area contributed by atoms with Gasteiger partial charge in [0.05, 0.1) is 22.9 Å². The third-order valence-electron chi connectivity index (χ3n) is 6.82. The van der Waals surface area contributed by atoms with Crippen molar-refractivity contribution in [2.45, 2.75) is 32.9 Å². The minimum absolute atomic E-state index is 0.0279. The minimum atomic E-state index is -0.0279. The van der Waals surface area contributed by atoms with Crippen LogP contribution in [0.15, 0.2) is 54.7 Å². The van der Waals surface area contributed by atoms with Gasteiger partial charge >= 0.3 is 0 Å². The van der Waals surface area contributed by atoms with E-state index in [-0.39, 0.29) is 11.9 Å². The third kappa shape index (κ3) is 4.03. The molecule has 1 N–H and O–H groups in total. The van der Waals surface area contributed by atoms with Gasteiger partial charge in [-0.25, -0.2) is 0 Å². The maximum absolute atomic E-state index is 12.8. The molecule has 4 aromatic rings. The molecule has 0 saturated carbocycles. The van der Waals surface area contributed by atoms with Crippen molar-refractivity contribution in [1.82, 2.24) is 25.0 Å². The maximum atomic E-state index is 12.8. The molecule has 34 heavy (non-hydrogen) atoms. The first kappa shape index (κ1) is 22.1. The second kappa shape index (κ2) is 8.57. The largest absolute Gasteiger partial charge is 0.457 e. The number of hydrogen-bond acceptors (Lipinski definition) is 5. The van der Waals surface area contributed by atoms with Crippen LogP contribution in [0.25, 0.3) is 22.2 Å². The zero-order valence-electron chi connectivity index (χ0n) is 20.2. The second-order valence-corrected chi connectivity index (χ2v) is 9.16. The van der Waals surface area contributed by atoms with Gasteiger partial charge in [-0.05, 0) is 63.7 Å². The molecule has 2 aromatic carbocycles. The van der Waals surface area contributed by atoms with Crippen LogP contribution >= 0.6 is 0 Å². The van der Waals surface area contributed by atoms with Crippen molar-refractivity contribution in [3.8, 4) is 22.8 Å². The van der Waals surface area contributed by atoms with Gasteiger partial charge in [0.2, 0.25) is 0 Å². The molecule has 2 aromatic heterocycles. The molecule has 0 aliphatic carbocycles. The molecule has 7 heteroatoms. The van der Waals surface area contributed by atoms with E-state index in [1.807, 2.05) is 74.1 Å². The molecule has 1 fully saturated rings. The van der Waals surface area contributed by atoms with Gasteiger partial charge in [-0.3, -0.25) is 19.4 Å². The van der Waals surface area contributed by atoms with Gasteiger partial charge in [-0.1, -0.05) is 6.07 Å². The van der Waals surface area contributed by atoms with Gasteiger partial charge in [0, 0.05) is 54.5 Å². The molecule has 1 saturated heterocycles. The number of carbonyl (C=O) groups is 1. The van der Waals surface area contributed by atoms with Gasteiger partial charge in [0.25, 0.3) is 5.91 Å². The molecule has 0 unspecified atom stereocenters. The number of likely N-dealkylation sites (tertiary alicyclic amines) is 1. The lowest BCUT2D eigenvalue weighted by atomic mass is 9.97. The number of hydrogen-bond donors (Lipinski definition) is 1. The SMILES string of the molecule is Cc1cc(-c2cc(Oc3ccc4c(C)nn(C)c4c3)ccn2)ccc1C(=O)N[C@H]1CN(C)[C@H]1C. The molecule has 5 rings (SSSR count). The molecule has 1 amide bonds. The number of carbonyl (C=O) groups excluding carboxylic acids is 1. The molecule has 3 heterocycles. The van der Waals surface area contributed by atoms with Crippen molar-refractivity contribution in [2.75, 3.05) is 13.6 Å². The van der Waals surface area contributed by atoms with Crippen LogP contribution in [0.2, 0.25) is 0 Å². The smallest absolute Gasteiger partial charge is 0.251 e. The fourth-order valence-corrected chi connectivity index (χ4v) is 4.54. The van der Waals surface area contributed by atoms with Crippen LogP contribution in [-0.4, -0.2) is 51.2 Å². The number of nitrogens with zero attached hydrogens (tertiary/aromatic N) is 4. The highest BCUT2D eigenvalue weighted by Crippen LogP contribution is 2.29. The summed E-state index contributed by atoms with van der Waals surface area (Å²) in [5.74, 6) is 1.41. The zero-order chi connectivity index (χ0) is 24.0. The van der Waals surface area contributed by atoms with Crippen LogP contribution in [0.3, 0.4) is 0 Å². The van der Waals surface area contributed by atoms with Crippen LogP contribution in [0.1, 0.15) is 28.5 Å². The standard InChI is InChI=1S/C27H29N5O2/c1-16-12-19(6-8-22(16)27(33)29-25-15-31(4)18(25)3)24-13-21(10-11-28-24)34-20-7-9-23-17(2)30-32(5)26(23)14-20/h6-14,18,25H,15H2,1-5H3,(H,29,33)/t18-,25-/m0/s1. The van der Waals surface area contributed by atoms with E-state index < -0.39 is 0 Å². The number of rotatable bonds is 5. The summed E-state index contributed by atoms with van der Waals surface area (Å²) in [6, 6.07) is 16.1. The van der Waals surface area contributed by atoms with E-state index >= 15 is 0 Å². The summed E-state index contributed by atoms with van der Waals surface area (Å²) >= 11 is 0. The van der Waals surface area contributed by atoms with Gasteiger partial charge in [-0.2, -0.15) is 5.10 Å². The fraction of sp³-hybridized carbons (Fsp3) is 0.296. The Kier molecular flexibility index (Phi) is 5.57. The van der Waals surface area contributed by atoms with Crippen LogP contribution in [0, 0.1) is 13.8 Å². The highest BCUT2D eigenvalue weighted by Gasteiger charge is 2.33. The van der Waals surface area contributed by atoms with Crippen molar-refractivity contribution >= 4 is 16.8 Å². The summed E-state index contributed by atoms with van der Waals surface area (Å²) in [5, 5.41) is 8.73. The van der Waals surface area contributed by atoms with Crippen LogP contribution in [0.5, 0.6) is 11.5 Å². The maximum Gasteiger partial charge on any atom is 0.251 e. The molecular weight excluding hydrogens is 426 g/mol. The Morgan fingerprint density at radius 1 is 1.06 bits per heavy atom. The van der Waals surface area contributed by atoms with Crippen molar-refractivity contribution < 1.29 is 9.53 Å². The van der Waals surface area contributed by atoms with E-state index in [0.717, 1.165) is 45.7 Å². The Morgan fingerprint density at radius 3 is 2.59 bits per heavy atom. The van der Waals surface area contributed by atoms with Gasteiger partial charge < -0.3 is 10.1 Å². The summed E-state index contributed by atoms with van der Waals surface area (Å²) in [7, 11) is 4.00. The average molecular weight is 456 g/mol. The number of amides is 1. The lowest BCUT2D eigenvalue weighted by molar-refractivity contribution is 0.0662. The lowest BCUT2D eigenvalue weighted by Gasteiger charge is -2.44. The number of aryl methyl sites for hydroxylation is 3. The quantitative estimate of drug-likeness (QED) is 0.481. The van der Waals surface area contributed by atoms with E-state index in [4.69, 9.17) is 4.74 Å². The van der Waals surface area contributed by atoms with Gasteiger partial charge in [0.15, 0.2) is 0 Å². The van der Waals surface area contributed by atoms with E-state index in [9.17, 15) is 4.79 Å². The summed E-state index contributed by atoms with van der Waals surface area (Å²) in [4.78, 5) is 19.5. The van der Waals surface area contributed by atoms with E-state index in [1.54, 1.807) is 6.20 Å². The molecular formula is C27H29N5O2. The van der Waals surface area contributed by atoms with Crippen molar-refractivity contribution in [1.29, 1.82) is 0 Å². The molecule has 7 nitrogen and oxygen atoms in total. The van der Waals surface area contributed by atoms with Crippen molar-refractivity contribution in [3.63, 3.8) is 0 Å². The number of fused-ring (bicyclic) bond motifs is 1. The normalized spacial score (nSPS) is 18.0. The topological polar surface area (TPSA) is 72.3 Å². The zero-order valence-corrected chi connectivity index (χ0v) is 20.2. The van der Waals surface area contributed by atoms with Gasteiger partial charge in [0.1, 0.15) is 11.5 Å². The Labute approximate surface area is 199 Å². The number of ether oxygens (including phenoxy) is 1. The monoisotopic (exact) mass is 455 g/mol. The molecule has 0 radical (unpaired) electrons. The third-order valence-corrected chi connectivity index (χ3v) is 6.82. The highest BCUT2D eigenvalue weighted by molar-refractivity contribution is 5.96. The Morgan fingerprint density at radius 2 is 1.85 bits per heavy atom. The summed E-state index contributed by atoms with van der Waals surface area (Å²) in [6.45, 7) is 6.97. The first-order chi connectivity index (χ1) is 16.3. The number of nitrogens with one attached hydrogen (secondary N) is 1. The molecule has 1 aliphatic rings. The van der Waals surface area contributed by atoms with Crippen molar-refractivity contribution in [3.05, 3.63) is 71.5 Å². The molecule has 0 bridgehead atoms. The molecule has 0 spiro atoms. The first-order valence-corrected chi connectivity index (χ1v) is 11.5. The number of pyridine rings is 1. The second-order valence-electron chi connectivity index (χ2n) is 9.16. The summed E-state index contributed by atoms with van der Waals surface area (Å²) < 4.78 is 8.00. The number of aromatic nitrogens is 3. The summed E-state index contributed by atoms with van der Waals surface area (Å²) in [6.07, 6.45) is 1.74. The predicted molar refractivity (Wildman–Crippen MR) is 133 cm³/mol. The van der Waals surface area contributed by atoms with Crippen LogP contribution in [0.4, 0.5) is 0 Å². The number of likely N-dealkylation sites (N-methyl/N-ethyl adjacent to an activating group) is 1.